The number of aromatic nitrogens is 1. The summed E-state index contributed by atoms with van der Waals surface area (Å²) in [5, 5.41) is 9.48. The van der Waals surface area contributed by atoms with Crippen LogP contribution < -0.4 is 0 Å². The van der Waals surface area contributed by atoms with E-state index in [1.54, 1.807) is 6.92 Å². The Morgan fingerprint density at radius 3 is 2.63 bits per heavy atom. The summed E-state index contributed by atoms with van der Waals surface area (Å²) < 4.78 is 37.9. The SMILES string of the molecule is Cc1nc(C(=O)O)c(-c2cccc(C(F)(F)F)c2)s1. The molecule has 1 aromatic heterocycles. The largest absolute Gasteiger partial charge is 0.476 e. The monoisotopic (exact) mass is 287 g/mol. The van der Waals surface area contributed by atoms with Gasteiger partial charge in [0.2, 0.25) is 0 Å². The molecule has 2 aromatic rings. The second-order valence-corrected chi connectivity index (χ2v) is 5.00. The molecular formula is C12H8F3NO2S. The molecule has 1 N–H and O–H groups in total. The first-order chi connectivity index (χ1) is 8.79. The molecule has 0 spiro atoms. The van der Waals surface area contributed by atoms with Crippen LogP contribution in [0.25, 0.3) is 10.4 Å². The van der Waals surface area contributed by atoms with Crippen LogP contribution in [0.5, 0.6) is 0 Å². The molecule has 2 rings (SSSR count). The Hall–Kier alpha value is -1.89. The number of alkyl halides is 3. The van der Waals surface area contributed by atoms with Gasteiger partial charge >= 0.3 is 12.1 Å². The summed E-state index contributed by atoms with van der Waals surface area (Å²) in [7, 11) is 0. The molecule has 0 atom stereocenters. The Kier molecular flexibility index (Phi) is 3.32. The van der Waals surface area contributed by atoms with Crippen LogP contribution in [-0.4, -0.2) is 16.1 Å². The summed E-state index contributed by atoms with van der Waals surface area (Å²) in [6.45, 7) is 1.61. The molecule has 1 heterocycles. The fourth-order valence-electron chi connectivity index (χ4n) is 1.60. The summed E-state index contributed by atoms with van der Waals surface area (Å²) in [6, 6.07) is 4.56. The molecule has 0 fully saturated rings. The highest BCUT2D eigenvalue weighted by Gasteiger charge is 2.31. The number of halogens is 3. The van der Waals surface area contributed by atoms with Gasteiger partial charge in [-0.15, -0.1) is 11.3 Å². The van der Waals surface area contributed by atoms with Gasteiger partial charge in [-0.1, -0.05) is 12.1 Å². The average molecular weight is 287 g/mol. The highest BCUT2D eigenvalue weighted by Crippen LogP contribution is 2.35. The minimum atomic E-state index is -4.46. The highest BCUT2D eigenvalue weighted by atomic mass is 32.1. The van der Waals surface area contributed by atoms with Crippen LogP contribution in [0.2, 0.25) is 0 Å². The van der Waals surface area contributed by atoms with Gasteiger partial charge in [0.25, 0.3) is 0 Å². The van der Waals surface area contributed by atoms with Crippen molar-refractivity contribution < 1.29 is 23.1 Å². The average Bonchev–Trinajstić information content (AvgIpc) is 2.71. The first-order valence-corrected chi connectivity index (χ1v) is 5.99. The van der Waals surface area contributed by atoms with Gasteiger partial charge in [0.05, 0.1) is 15.4 Å². The Bertz CT molecular complexity index is 634. The van der Waals surface area contributed by atoms with E-state index in [1.807, 2.05) is 0 Å². The smallest absolute Gasteiger partial charge is 0.416 e. The quantitative estimate of drug-likeness (QED) is 0.913. The van der Waals surface area contributed by atoms with Crippen molar-refractivity contribution in [1.29, 1.82) is 0 Å². The Labute approximate surface area is 110 Å². The van der Waals surface area contributed by atoms with Crippen molar-refractivity contribution in [3.05, 3.63) is 40.5 Å². The molecule has 0 aliphatic heterocycles. The molecule has 19 heavy (non-hydrogen) atoms. The zero-order valence-corrected chi connectivity index (χ0v) is 10.5. The topological polar surface area (TPSA) is 50.2 Å². The zero-order chi connectivity index (χ0) is 14.2. The van der Waals surface area contributed by atoms with E-state index in [2.05, 4.69) is 4.98 Å². The number of carbonyl (C=O) groups is 1. The number of hydrogen-bond acceptors (Lipinski definition) is 3. The maximum absolute atomic E-state index is 12.6. The van der Waals surface area contributed by atoms with Crippen molar-refractivity contribution in [3.8, 4) is 10.4 Å². The molecule has 0 aliphatic carbocycles. The van der Waals surface area contributed by atoms with Crippen LogP contribution >= 0.6 is 11.3 Å². The van der Waals surface area contributed by atoms with Gasteiger partial charge in [-0.25, -0.2) is 9.78 Å². The van der Waals surface area contributed by atoms with Crippen molar-refractivity contribution in [3.63, 3.8) is 0 Å². The zero-order valence-electron chi connectivity index (χ0n) is 9.65. The fourth-order valence-corrected chi connectivity index (χ4v) is 2.51. The molecule has 100 valence electrons. The second kappa shape index (κ2) is 4.65. The number of nitrogens with zero attached hydrogens (tertiary/aromatic N) is 1. The van der Waals surface area contributed by atoms with Crippen LogP contribution in [-0.2, 0) is 6.18 Å². The lowest BCUT2D eigenvalue weighted by atomic mass is 10.1. The van der Waals surface area contributed by atoms with Crippen molar-refractivity contribution in [2.45, 2.75) is 13.1 Å². The van der Waals surface area contributed by atoms with Gasteiger partial charge in [-0.05, 0) is 24.6 Å². The lowest BCUT2D eigenvalue weighted by Gasteiger charge is -2.07. The van der Waals surface area contributed by atoms with E-state index in [0.717, 1.165) is 23.5 Å². The summed E-state index contributed by atoms with van der Waals surface area (Å²) >= 11 is 1.06. The second-order valence-electron chi connectivity index (χ2n) is 3.79. The van der Waals surface area contributed by atoms with Gasteiger partial charge < -0.3 is 5.11 Å². The first-order valence-electron chi connectivity index (χ1n) is 5.17. The van der Waals surface area contributed by atoms with Crippen LogP contribution in [0.4, 0.5) is 13.2 Å². The van der Waals surface area contributed by atoms with Gasteiger partial charge in [-0.3, -0.25) is 0 Å². The molecule has 7 heteroatoms. The lowest BCUT2D eigenvalue weighted by molar-refractivity contribution is -0.137. The fraction of sp³-hybridized carbons (Fsp3) is 0.167. The number of benzene rings is 1. The number of carboxylic acids is 1. The van der Waals surface area contributed by atoms with E-state index >= 15 is 0 Å². The summed E-state index contributed by atoms with van der Waals surface area (Å²) in [5.41, 5.74) is -0.827. The van der Waals surface area contributed by atoms with Crippen LogP contribution in [0.15, 0.2) is 24.3 Å². The normalized spacial score (nSPS) is 11.6. The summed E-state index contributed by atoms with van der Waals surface area (Å²) in [4.78, 5) is 15.1. The van der Waals surface area contributed by atoms with E-state index < -0.39 is 17.7 Å². The van der Waals surface area contributed by atoms with Gasteiger partial charge in [0.1, 0.15) is 0 Å². The van der Waals surface area contributed by atoms with Crippen molar-refractivity contribution >= 4 is 17.3 Å². The highest BCUT2D eigenvalue weighted by molar-refractivity contribution is 7.15. The molecule has 0 saturated carbocycles. The Morgan fingerprint density at radius 2 is 2.05 bits per heavy atom. The third kappa shape index (κ3) is 2.76. The minimum absolute atomic E-state index is 0.206. The minimum Gasteiger partial charge on any atom is -0.476 e. The van der Waals surface area contributed by atoms with E-state index in [9.17, 15) is 18.0 Å². The number of aryl methyl sites for hydroxylation is 1. The van der Waals surface area contributed by atoms with Gasteiger partial charge in [0, 0.05) is 0 Å². The van der Waals surface area contributed by atoms with E-state index in [1.165, 1.54) is 12.1 Å². The maximum Gasteiger partial charge on any atom is 0.416 e. The first kappa shape index (κ1) is 13.5. The van der Waals surface area contributed by atoms with Crippen LogP contribution in [0.3, 0.4) is 0 Å². The molecule has 1 aromatic carbocycles. The van der Waals surface area contributed by atoms with E-state index in [4.69, 9.17) is 5.11 Å². The molecule has 0 saturated heterocycles. The van der Waals surface area contributed by atoms with E-state index in [-0.39, 0.29) is 16.1 Å². The molecule has 0 amide bonds. The number of hydrogen-bond donors (Lipinski definition) is 1. The number of carboxylic acid groups (broad SMARTS) is 1. The Morgan fingerprint density at radius 1 is 1.37 bits per heavy atom. The maximum atomic E-state index is 12.6. The third-order valence-electron chi connectivity index (χ3n) is 2.39. The lowest BCUT2D eigenvalue weighted by Crippen LogP contribution is -2.05. The molecular weight excluding hydrogens is 279 g/mol. The molecule has 0 unspecified atom stereocenters. The van der Waals surface area contributed by atoms with Crippen LogP contribution in [0, 0.1) is 6.92 Å². The molecule has 3 nitrogen and oxygen atoms in total. The predicted octanol–water partition coefficient (Wildman–Crippen LogP) is 3.84. The molecule has 0 aliphatic rings. The van der Waals surface area contributed by atoms with Gasteiger partial charge in [0.15, 0.2) is 5.69 Å². The van der Waals surface area contributed by atoms with Crippen molar-refractivity contribution in [1.82, 2.24) is 4.98 Å². The van der Waals surface area contributed by atoms with Crippen LogP contribution in [0.1, 0.15) is 21.1 Å². The van der Waals surface area contributed by atoms with Crippen molar-refractivity contribution in [2.24, 2.45) is 0 Å². The standard InChI is InChI=1S/C12H8F3NO2S/c1-6-16-9(11(17)18)10(19-6)7-3-2-4-8(5-7)12(13,14)15/h2-5H,1H3,(H,17,18). The number of rotatable bonds is 2. The number of aromatic carboxylic acids is 1. The number of thiazole rings is 1. The van der Waals surface area contributed by atoms with Gasteiger partial charge in [-0.2, -0.15) is 13.2 Å². The summed E-state index contributed by atoms with van der Waals surface area (Å²) in [5.74, 6) is -1.25. The van der Waals surface area contributed by atoms with Crippen molar-refractivity contribution in [2.75, 3.05) is 0 Å². The molecule has 0 bridgehead atoms. The third-order valence-corrected chi connectivity index (χ3v) is 3.41. The Balaban J connectivity index is 2.57. The predicted molar refractivity (Wildman–Crippen MR) is 64.2 cm³/mol. The molecule has 0 radical (unpaired) electrons. The summed E-state index contributed by atoms with van der Waals surface area (Å²) in [6.07, 6.45) is -4.46. The van der Waals surface area contributed by atoms with E-state index in [0.29, 0.717) is 5.01 Å².